The van der Waals surface area contributed by atoms with Gasteiger partial charge in [0, 0.05) is 11.0 Å². The molecule has 0 aromatic heterocycles. The molecule has 1 saturated carbocycles. The molecule has 19 heavy (non-hydrogen) atoms. The van der Waals surface area contributed by atoms with Crippen molar-refractivity contribution in [1.29, 1.82) is 0 Å². The zero-order chi connectivity index (χ0) is 14.2. The number of carboxylic acids is 1. The maximum absolute atomic E-state index is 13.9. The normalized spacial score (nSPS) is 17.9. The Bertz CT molecular complexity index is 508. The number of benzene rings is 1. The van der Waals surface area contributed by atoms with E-state index in [0.717, 1.165) is 6.07 Å². The number of hydrogen-bond acceptors (Lipinski definition) is 2. The van der Waals surface area contributed by atoms with Crippen molar-refractivity contribution in [2.75, 3.05) is 7.11 Å². The first kappa shape index (κ1) is 13.8. The first-order valence-corrected chi connectivity index (χ1v) is 6.13. The molecule has 0 saturated heterocycles. The topological polar surface area (TPSA) is 46.5 Å². The number of aliphatic carboxylic acids is 1. The molecular weight excluding hydrogens is 254 g/mol. The number of rotatable bonds is 5. The number of hydrogen-bond donors (Lipinski definition) is 1. The minimum atomic E-state index is -1.31. The molecule has 1 N–H and O–H groups in total. The lowest BCUT2D eigenvalue weighted by Gasteiger charge is -2.19. The summed E-state index contributed by atoms with van der Waals surface area (Å²) in [5.74, 6) is -1.56. The van der Waals surface area contributed by atoms with Gasteiger partial charge in [-0.05, 0) is 37.5 Å². The summed E-state index contributed by atoms with van der Waals surface area (Å²) in [7, 11) is 1.33. The van der Waals surface area contributed by atoms with Crippen molar-refractivity contribution in [2.45, 2.75) is 37.8 Å². The minimum Gasteiger partial charge on any atom is -0.493 e. The maximum atomic E-state index is 13.9. The van der Waals surface area contributed by atoms with Crippen LogP contribution in [-0.4, -0.2) is 18.2 Å². The summed E-state index contributed by atoms with van der Waals surface area (Å²) in [6, 6.07) is 2.63. The van der Waals surface area contributed by atoms with Gasteiger partial charge in [0.2, 0.25) is 0 Å². The van der Waals surface area contributed by atoms with Gasteiger partial charge in [-0.25, -0.2) is 8.78 Å². The highest BCUT2D eigenvalue weighted by molar-refractivity contribution is 5.70. The molecule has 104 valence electrons. The van der Waals surface area contributed by atoms with Crippen LogP contribution in [-0.2, 0) is 10.2 Å². The Kier molecular flexibility index (Phi) is 3.47. The molecule has 3 nitrogen and oxygen atoms in total. The van der Waals surface area contributed by atoms with Crippen LogP contribution in [0.2, 0.25) is 0 Å². The maximum Gasteiger partial charge on any atom is 0.304 e. The van der Waals surface area contributed by atoms with E-state index in [1.807, 2.05) is 0 Å². The van der Waals surface area contributed by atoms with Gasteiger partial charge in [0.25, 0.3) is 0 Å². The molecule has 0 amide bonds. The van der Waals surface area contributed by atoms with Crippen LogP contribution in [0.25, 0.3) is 0 Å². The fourth-order valence-electron chi connectivity index (χ4n) is 2.43. The molecule has 0 aliphatic heterocycles. The highest BCUT2D eigenvalue weighted by Gasteiger charge is 2.48. The largest absolute Gasteiger partial charge is 0.493 e. The fraction of sp³-hybridized carbons (Fsp3) is 0.500. The summed E-state index contributed by atoms with van der Waals surface area (Å²) < 4.78 is 32.3. The summed E-state index contributed by atoms with van der Waals surface area (Å²) in [6.45, 7) is 1.32. The summed E-state index contributed by atoms with van der Waals surface area (Å²) in [6.07, 6.45) is -0.0921. The molecule has 0 bridgehead atoms. The molecule has 0 radical (unpaired) electrons. The molecular formula is C14H16F2O3. The third-order valence-electron chi connectivity index (χ3n) is 3.64. The van der Waals surface area contributed by atoms with Gasteiger partial charge in [0.05, 0.1) is 13.5 Å². The Labute approximate surface area is 110 Å². The van der Waals surface area contributed by atoms with Crippen LogP contribution in [0.15, 0.2) is 12.1 Å². The van der Waals surface area contributed by atoms with Crippen molar-refractivity contribution < 1.29 is 23.4 Å². The Morgan fingerprint density at radius 1 is 1.53 bits per heavy atom. The summed E-state index contributed by atoms with van der Waals surface area (Å²) in [5.41, 5.74) is 0.0741. The van der Waals surface area contributed by atoms with Crippen molar-refractivity contribution in [2.24, 2.45) is 0 Å². The molecule has 1 aromatic rings. The van der Waals surface area contributed by atoms with Gasteiger partial charge in [0.1, 0.15) is 6.17 Å². The average Bonchev–Trinajstić information content (AvgIpc) is 3.07. The predicted molar refractivity (Wildman–Crippen MR) is 65.6 cm³/mol. The van der Waals surface area contributed by atoms with Crippen molar-refractivity contribution in [3.8, 4) is 5.75 Å². The molecule has 1 atom stereocenters. The van der Waals surface area contributed by atoms with Gasteiger partial charge in [-0.1, -0.05) is 0 Å². The third-order valence-corrected chi connectivity index (χ3v) is 3.64. The first-order valence-electron chi connectivity index (χ1n) is 6.13. The highest BCUT2D eigenvalue weighted by atomic mass is 19.1. The lowest BCUT2D eigenvalue weighted by atomic mass is 9.89. The second kappa shape index (κ2) is 4.79. The number of halogens is 2. The van der Waals surface area contributed by atoms with Crippen LogP contribution in [0.1, 0.15) is 43.5 Å². The van der Waals surface area contributed by atoms with Crippen LogP contribution in [0.3, 0.4) is 0 Å². The molecule has 1 fully saturated rings. The van der Waals surface area contributed by atoms with E-state index in [1.165, 1.54) is 20.1 Å². The van der Waals surface area contributed by atoms with E-state index in [0.29, 0.717) is 18.4 Å². The predicted octanol–water partition coefficient (Wildman–Crippen LogP) is 3.37. The SMILES string of the molecule is COc1c(F)cc(C(C)F)cc1C1(CC(=O)O)CC1. The van der Waals surface area contributed by atoms with Gasteiger partial charge in [0.15, 0.2) is 11.6 Å². The Morgan fingerprint density at radius 3 is 2.58 bits per heavy atom. The smallest absolute Gasteiger partial charge is 0.304 e. The van der Waals surface area contributed by atoms with Gasteiger partial charge in [-0.15, -0.1) is 0 Å². The van der Waals surface area contributed by atoms with E-state index >= 15 is 0 Å². The van der Waals surface area contributed by atoms with Crippen molar-refractivity contribution >= 4 is 5.97 Å². The van der Waals surface area contributed by atoms with Gasteiger partial charge in [-0.2, -0.15) is 0 Å². The van der Waals surface area contributed by atoms with Crippen LogP contribution in [0, 0.1) is 5.82 Å². The second-order valence-electron chi connectivity index (χ2n) is 5.05. The lowest BCUT2D eigenvalue weighted by Crippen LogP contribution is -2.15. The number of ether oxygens (including phenoxy) is 1. The van der Waals surface area contributed by atoms with E-state index in [-0.39, 0.29) is 17.7 Å². The van der Waals surface area contributed by atoms with Gasteiger partial charge >= 0.3 is 5.97 Å². The molecule has 1 aliphatic rings. The van der Waals surface area contributed by atoms with Crippen LogP contribution in [0.5, 0.6) is 5.75 Å². The zero-order valence-electron chi connectivity index (χ0n) is 10.9. The quantitative estimate of drug-likeness (QED) is 0.892. The Balaban J connectivity index is 2.51. The molecule has 1 aromatic carbocycles. The average molecular weight is 270 g/mol. The van der Waals surface area contributed by atoms with Crippen LogP contribution >= 0.6 is 0 Å². The summed E-state index contributed by atoms with van der Waals surface area (Å²) in [4.78, 5) is 10.9. The van der Waals surface area contributed by atoms with Crippen molar-refractivity contribution in [3.63, 3.8) is 0 Å². The summed E-state index contributed by atoms with van der Waals surface area (Å²) >= 11 is 0. The monoisotopic (exact) mass is 270 g/mol. The van der Waals surface area contributed by atoms with E-state index in [4.69, 9.17) is 9.84 Å². The molecule has 1 aliphatic carbocycles. The Morgan fingerprint density at radius 2 is 2.16 bits per heavy atom. The van der Waals surface area contributed by atoms with E-state index in [9.17, 15) is 13.6 Å². The van der Waals surface area contributed by atoms with E-state index in [1.54, 1.807) is 0 Å². The lowest BCUT2D eigenvalue weighted by molar-refractivity contribution is -0.137. The van der Waals surface area contributed by atoms with Gasteiger partial charge in [-0.3, -0.25) is 4.79 Å². The number of alkyl halides is 1. The molecule has 0 heterocycles. The molecule has 1 unspecified atom stereocenters. The van der Waals surface area contributed by atoms with E-state index in [2.05, 4.69) is 0 Å². The van der Waals surface area contributed by atoms with Crippen molar-refractivity contribution in [3.05, 3.63) is 29.1 Å². The molecule has 2 rings (SSSR count). The first-order chi connectivity index (χ1) is 8.89. The molecule has 0 spiro atoms. The van der Waals surface area contributed by atoms with Crippen molar-refractivity contribution in [1.82, 2.24) is 0 Å². The zero-order valence-corrected chi connectivity index (χ0v) is 10.9. The van der Waals surface area contributed by atoms with E-state index < -0.39 is 23.4 Å². The number of carbonyl (C=O) groups is 1. The molecule has 5 heteroatoms. The fourth-order valence-corrected chi connectivity index (χ4v) is 2.43. The highest BCUT2D eigenvalue weighted by Crippen LogP contribution is 2.54. The minimum absolute atomic E-state index is 0.0307. The standard InChI is InChI=1S/C14H16F2O3/c1-8(15)9-5-10(13(19-2)11(16)6-9)14(3-4-14)7-12(17)18/h5-6,8H,3-4,7H2,1-2H3,(H,17,18). The van der Waals surface area contributed by atoms with Crippen LogP contribution in [0.4, 0.5) is 8.78 Å². The number of carboxylic acid groups (broad SMARTS) is 1. The van der Waals surface area contributed by atoms with Crippen LogP contribution < -0.4 is 4.74 Å². The summed E-state index contributed by atoms with van der Waals surface area (Å²) in [5, 5.41) is 8.95. The second-order valence-corrected chi connectivity index (χ2v) is 5.05. The number of methoxy groups -OCH3 is 1. The third kappa shape index (κ3) is 2.55. The van der Waals surface area contributed by atoms with Gasteiger partial charge < -0.3 is 9.84 Å². The Hall–Kier alpha value is -1.65.